The van der Waals surface area contributed by atoms with E-state index in [9.17, 15) is 13.2 Å². The molecular weight excluding hydrogens is 279 g/mol. The third kappa shape index (κ3) is 3.17. The summed E-state index contributed by atoms with van der Waals surface area (Å²) in [4.78, 5) is 3.90. The number of alkyl halides is 3. The largest absolute Gasteiger partial charge is 0.497 e. The van der Waals surface area contributed by atoms with E-state index in [1.54, 1.807) is 24.3 Å². The van der Waals surface area contributed by atoms with Crippen molar-refractivity contribution < 1.29 is 17.9 Å². The zero-order valence-corrected chi connectivity index (χ0v) is 10.6. The fourth-order valence-corrected chi connectivity index (χ4v) is 1.78. The third-order valence-electron chi connectivity index (χ3n) is 2.51. The summed E-state index contributed by atoms with van der Waals surface area (Å²) in [7, 11) is 1.51. The number of pyridine rings is 1. The highest BCUT2D eigenvalue weighted by atomic mass is 35.5. The van der Waals surface area contributed by atoms with Crippen molar-refractivity contribution in [1.29, 1.82) is 0 Å². The Morgan fingerprint density at radius 2 is 1.74 bits per heavy atom. The molecule has 0 saturated carbocycles. The molecule has 0 unspecified atom stereocenters. The number of halogens is 4. The topological polar surface area (TPSA) is 22.1 Å². The summed E-state index contributed by atoms with van der Waals surface area (Å²) in [6.45, 7) is 0. The van der Waals surface area contributed by atoms with E-state index in [4.69, 9.17) is 16.3 Å². The quantitative estimate of drug-likeness (QED) is 0.762. The van der Waals surface area contributed by atoms with Crippen molar-refractivity contribution in [3.63, 3.8) is 0 Å². The molecule has 0 N–H and O–H groups in total. The van der Waals surface area contributed by atoms with Gasteiger partial charge < -0.3 is 4.74 Å². The molecule has 2 nitrogen and oxygen atoms in total. The molecule has 1 heterocycles. The van der Waals surface area contributed by atoms with Gasteiger partial charge in [0.25, 0.3) is 0 Å². The van der Waals surface area contributed by atoms with Crippen LogP contribution in [0.3, 0.4) is 0 Å². The van der Waals surface area contributed by atoms with Gasteiger partial charge in [-0.2, -0.15) is 13.2 Å². The van der Waals surface area contributed by atoms with Crippen LogP contribution in [-0.4, -0.2) is 12.1 Å². The SMILES string of the molecule is COc1ccc(-c2cc(C(F)(F)F)cc(Cl)n2)cc1. The minimum atomic E-state index is -4.45. The first-order chi connectivity index (χ1) is 8.90. The number of ether oxygens (including phenoxy) is 1. The molecule has 0 aliphatic carbocycles. The summed E-state index contributed by atoms with van der Waals surface area (Å²) in [5.74, 6) is 0.613. The highest BCUT2D eigenvalue weighted by Crippen LogP contribution is 2.33. The summed E-state index contributed by atoms with van der Waals surface area (Å²) in [5.41, 5.74) is -0.116. The van der Waals surface area contributed by atoms with Gasteiger partial charge in [-0.15, -0.1) is 0 Å². The second-order valence-corrected chi connectivity index (χ2v) is 4.18. The number of hydrogen-bond acceptors (Lipinski definition) is 2. The zero-order valence-electron chi connectivity index (χ0n) is 9.83. The van der Waals surface area contributed by atoms with E-state index in [0.29, 0.717) is 11.3 Å². The lowest BCUT2D eigenvalue weighted by molar-refractivity contribution is -0.137. The van der Waals surface area contributed by atoms with E-state index < -0.39 is 11.7 Å². The minimum Gasteiger partial charge on any atom is -0.497 e. The second-order valence-electron chi connectivity index (χ2n) is 3.79. The normalized spacial score (nSPS) is 11.4. The first-order valence-electron chi connectivity index (χ1n) is 5.29. The maximum Gasteiger partial charge on any atom is 0.416 e. The first kappa shape index (κ1) is 13.7. The van der Waals surface area contributed by atoms with E-state index in [0.717, 1.165) is 12.1 Å². The molecule has 2 aromatic rings. The molecule has 0 amide bonds. The molecule has 0 saturated heterocycles. The van der Waals surface area contributed by atoms with Crippen LogP contribution in [0.5, 0.6) is 5.75 Å². The Morgan fingerprint density at radius 1 is 1.11 bits per heavy atom. The third-order valence-corrected chi connectivity index (χ3v) is 2.70. The van der Waals surface area contributed by atoms with Crippen molar-refractivity contribution >= 4 is 11.6 Å². The predicted molar refractivity (Wildman–Crippen MR) is 66.2 cm³/mol. The Morgan fingerprint density at radius 3 is 2.26 bits per heavy atom. The van der Waals surface area contributed by atoms with Crippen LogP contribution in [0.25, 0.3) is 11.3 Å². The van der Waals surface area contributed by atoms with Crippen LogP contribution < -0.4 is 4.74 Å². The van der Waals surface area contributed by atoms with Crippen LogP contribution in [0.4, 0.5) is 13.2 Å². The molecule has 0 fully saturated rings. The van der Waals surface area contributed by atoms with Gasteiger partial charge in [-0.25, -0.2) is 4.98 Å². The van der Waals surface area contributed by atoms with Crippen LogP contribution in [-0.2, 0) is 6.18 Å². The van der Waals surface area contributed by atoms with E-state index >= 15 is 0 Å². The van der Waals surface area contributed by atoms with Crippen LogP contribution in [0.15, 0.2) is 36.4 Å². The Hall–Kier alpha value is -1.75. The fourth-order valence-electron chi connectivity index (χ4n) is 1.57. The predicted octanol–water partition coefficient (Wildman–Crippen LogP) is 4.43. The van der Waals surface area contributed by atoms with Crippen molar-refractivity contribution in [1.82, 2.24) is 4.98 Å². The summed E-state index contributed by atoms with van der Waals surface area (Å²) in [6.07, 6.45) is -4.45. The summed E-state index contributed by atoms with van der Waals surface area (Å²) < 4.78 is 43.0. The van der Waals surface area contributed by atoms with Gasteiger partial charge in [-0.05, 0) is 36.4 Å². The number of rotatable bonds is 2. The van der Waals surface area contributed by atoms with Gasteiger partial charge in [0.05, 0.1) is 18.4 Å². The summed E-state index contributed by atoms with van der Waals surface area (Å²) >= 11 is 5.63. The van der Waals surface area contributed by atoms with Gasteiger partial charge in [0.1, 0.15) is 10.9 Å². The molecule has 0 aliphatic rings. The van der Waals surface area contributed by atoms with E-state index in [-0.39, 0.29) is 10.8 Å². The molecule has 0 spiro atoms. The number of benzene rings is 1. The molecule has 1 aromatic heterocycles. The second kappa shape index (κ2) is 5.09. The lowest BCUT2D eigenvalue weighted by atomic mass is 10.1. The van der Waals surface area contributed by atoms with Crippen molar-refractivity contribution in [3.05, 3.63) is 47.1 Å². The van der Waals surface area contributed by atoms with Gasteiger partial charge in [-0.1, -0.05) is 11.6 Å². The maximum absolute atomic E-state index is 12.7. The lowest BCUT2D eigenvalue weighted by Crippen LogP contribution is -2.05. The Balaban J connectivity index is 2.46. The standard InChI is InChI=1S/C13H9ClF3NO/c1-19-10-4-2-8(3-5-10)11-6-9(13(15,16)17)7-12(14)18-11/h2-7H,1H3. The van der Waals surface area contributed by atoms with Crippen molar-refractivity contribution in [2.45, 2.75) is 6.18 Å². The Labute approximate surface area is 112 Å². The first-order valence-corrected chi connectivity index (χ1v) is 5.67. The van der Waals surface area contributed by atoms with Crippen LogP contribution in [0.2, 0.25) is 5.15 Å². The van der Waals surface area contributed by atoms with E-state index in [1.165, 1.54) is 7.11 Å². The van der Waals surface area contributed by atoms with Crippen LogP contribution in [0, 0.1) is 0 Å². The number of aromatic nitrogens is 1. The number of hydrogen-bond donors (Lipinski definition) is 0. The molecule has 6 heteroatoms. The lowest BCUT2D eigenvalue weighted by Gasteiger charge is -2.09. The molecule has 1 aromatic carbocycles. The molecule has 0 aliphatic heterocycles. The van der Waals surface area contributed by atoms with Crippen molar-refractivity contribution in [2.75, 3.05) is 7.11 Å². The fraction of sp³-hybridized carbons (Fsp3) is 0.154. The monoisotopic (exact) mass is 287 g/mol. The van der Waals surface area contributed by atoms with E-state index in [1.807, 2.05) is 0 Å². The highest BCUT2D eigenvalue weighted by molar-refractivity contribution is 6.29. The Kier molecular flexibility index (Phi) is 3.66. The smallest absolute Gasteiger partial charge is 0.416 e. The van der Waals surface area contributed by atoms with Gasteiger partial charge in [-0.3, -0.25) is 0 Å². The van der Waals surface area contributed by atoms with Gasteiger partial charge in [0.2, 0.25) is 0 Å². The number of nitrogens with zero attached hydrogens (tertiary/aromatic N) is 1. The molecule has 0 bridgehead atoms. The van der Waals surface area contributed by atoms with Gasteiger partial charge in [0, 0.05) is 5.56 Å². The highest BCUT2D eigenvalue weighted by Gasteiger charge is 2.31. The number of methoxy groups -OCH3 is 1. The molecule has 0 radical (unpaired) electrons. The molecule has 0 atom stereocenters. The van der Waals surface area contributed by atoms with Gasteiger partial charge >= 0.3 is 6.18 Å². The Bertz CT molecular complexity index is 581. The molecule has 19 heavy (non-hydrogen) atoms. The van der Waals surface area contributed by atoms with E-state index in [2.05, 4.69) is 4.98 Å². The van der Waals surface area contributed by atoms with Crippen LogP contribution >= 0.6 is 11.6 Å². The van der Waals surface area contributed by atoms with Gasteiger partial charge in [0.15, 0.2) is 0 Å². The maximum atomic E-state index is 12.7. The minimum absolute atomic E-state index is 0.169. The molecule has 100 valence electrons. The average molecular weight is 288 g/mol. The van der Waals surface area contributed by atoms with Crippen LogP contribution in [0.1, 0.15) is 5.56 Å². The van der Waals surface area contributed by atoms with Crippen molar-refractivity contribution in [2.24, 2.45) is 0 Å². The molecule has 2 rings (SSSR count). The van der Waals surface area contributed by atoms with Crippen molar-refractivity contribution in [3.8, 4) is 17.0 Å². The average Bonchev–Trinajstić information content (AvgIpc) is 2.37. The molecular formula is C13H9ClF3NO. The summed E-state index contributed by atoms with van der Waals surface area (Å²) in [5, 5.41) is -0.194. The zero-order chi connectivity index (χ0) is 14.0. The summed E-state index contributed by atoms with van der Waals surface area (Å²) in [6, 6.07) is 8.30.